The van der Waals surface area contributed by atoms with Gasteiger partial charge in [-0.15, -0.1) is 0 Å². The van der Waals surface area contributed by atoms with Crippen LogP contribution < -0.4 is 5.32 Å². The molecule has 1 aliphatic heterocycles. The van der Waals surface area contributed by atoms with E-state index in [0.717, 1.165) is 38.4 Å². The number of hydrogen-bond donors (Lipinski definition) is 1. The van der Waals surface area contributed by atoms with Gasteiger partial charge < -0.3 is 5.32 Å². The van der Waals surface area contributed by atoms with Crippen molar-refractivity contribution in [3.05, 3.63) is 35.1 Å². The Hall–Kier alpha value is -1.10. The van der Waals surface area contributed by atoms with Crippen LogP contribution in [0.4, 0.5) is 17.6 Å². The van der Waals surface area contributed by atoms with Crippen LogP contribution in [0.25, 0.3) is 0 Å². The van der Waals surface area contributed by atoms with Crippen molar-refractivity contribution in [2.45, 2.75) is 38.3 Å². The van der Waals surface area contributed by atoms with Gasteiger partial charge in [-0.3, -0.25) is 0 Å². The highest BCUT2D eigenvalue weighted by Crippen LogP contribution is 2.37. The second kappa shape index (κ2) is 6.12. The second-order valence-electron chi connectivity index (χ2n) is 5.42. The Morgan fingerprint density at radius 3 is 2.65 bits per heavy atom. The van der Waals surface area contributed by atoms with Crippen LogP contribution in [0.5, 0.6) is 0 Å². The van der Waals surface area contributed by atoms with Gasteiger partial charge in [-0.05, 0) is 61.5 Å². The number of hydrogen-bond acceptors (Lipinski definition) is 1. The van der Waals surface area contributed by atoms with Crippen LogP contribution in [0, 0.1) is 11.7 Å². The lowest BCUT2D eigenvalue weighted by atomic mass is 9.78. The molecular weight excluding hydrogens is 270 g/mol. The van der Waals surface area contributed by atoms with Gasteiger partial charge in [0.05, 0.1) is 5.56 Å². The molecule has 5 heteroatoms. The molecule has 1 nitrogen and oxygen atoms in total. The SMILES string of the molecule is CCCC1CNCCC1c1cc(F)cc(C(F)(F)F)c1. The van der Waals surface area contributed by atoms with Gasteiger partial charge in [0, 0.05) is 0 Å². The zero-order chi connectivity index (χ0) is 14.8. The Balaban J connectivity index is 2.32. The first-order valence-electron chi connectivity index (χ1n) is 7.00. The van der Waals surface area contributed by atoms with Crippen molar-refractivity contribution < 1.29 is 17.6 Å². The molecule has 1 saturated heterocycles. The molecule has 1 aromatic carbocycles. The number of piperidine rings is 1. The molecule has 2 atom stereocenters. The molecule has 0 amide bonds. The third-order valence-electron chi connectivity index (χ3n) is 3.94. The summed E-state index contributed by atoms with van der Waals surface area (Å²) in [6.45, 7) is 3.61. The Labute approximate surface area is 116 Å². The maximum Gasteiger partial charge on any atom is 0.416 e. The van der Waals surface area contributed by atoms with E-state index in [4.69, 9.17) is 0 Å². The predicted octanol–water partition coefficient (Wildman–Crippen LogP) is 4.34. The minimum Gasteiger partial charge on any atom is -0.316 e. The summed E-state index contributed by atoms with van der Waals surface area (Å²) in [5.74, 6) is -0.520. The number of alkyl halides is 3. The van der Waals surface area contributed by atoms with Crippen molar-refractivity contribution in [1.82, 2.24) is 5.32 Å². The molecule has 1 heterocycles. The fourth-order valence-electron chi connectivity index (χ4n) is 3.03. The molecule has 0 saturated carbocycles. The zero-order valence-electron chi connectivity index (χ0n) is 11.4. The summed E-state index contributed by atoms with van der Waals surface area (Å²) >= 11 is 0. The van der Waals surface area contributed by atoms with Gasteiger partial charge >= 0.3 is 6.18 Å². The van der Waals surface area contributed by atoms with E-state index >= 15 is 0 Å². The van der Waals surface area contributed by atoms with Crippen molar-refractivity contribution in [1.29, 1.82) is 0 Å². The van der Waals surface area contributed by atoms with Crippen LogP contribution in [-0.2, 0) is 6.18 Å². The molecule has 1 fully saturated rings. The topological polar surface area (TPSA) is 12.0 Å². The molecule has 0 spiro atoms. The first kappa shape index (κ1) is 15.3. The fraction of sp³-hybridized carbons (Fsp3) is 0.600. The van der Waals surface area contributed by atoms with Gasteiger partial charge in [-0.25, -0.2) is 4.39 Å². The number of halogens is 4. The van der Waals surface area contributed by atoms with Crippen LogP contribution in [0.3, 0.4) is 0 Å². The highest BCUT2D eigenvalue weighted by atomic mass is 19.4. The molecule has 20 heavy (non-hydrogen) atoms. The predicted molar refractivity (Wildman–Crippen MR) is 70.0 cm³/mol. The zero-order valence-corrected chi connectivity index (χ0v) is 11.4. The second-order valence-corrected chi connectivity index (χ2v) is 5.42. The first-order valence-corrected chi connectivity index (χ1v) is 7.00. The van der Waals surface area contributed by atoms with Crippen molar-refractivity contribution in [2.75, 3.05) is 13.1 Å². The molecule has 1 aliphatic rings. The number of nitrogens with one attached hydrogen (secondary N) is 1. The summed E-state index contributed by atoms with van der Waals surface area (Å²) in [6, 6.07) is 2.94. The lowest BCUT2D eigenvalue weighted by molar-refractivity contribution is -0.137. The van der Waals surface area contributed by atoms with Gasteiger partial charge in [0.1, 0.15) is 5.82 Å². The Morgan fingerprint density at radius 2 is 2.00 bits per heavy atom. The highest BCUT2D eigenvalue weighted by molar-refractivity contribution is 5.30. The summed E-state index contributed by atoms with van der Waals surface area (Å²) in [5, 5.41) is 3.26. The monoisotopic (exact) mass is 289 g/mol. The first-order chi connectivity index (χ1) is 9.41. The van der Waals surface area contributed by atoms with Crippen molar-refractivity contribution in [3.63, 3.8) is 0 Å². The maximum atomic E-state index is 13.5. The average molecular weight is 289 g/mol. The molecule has 0 aromatic heterocycles. The maximum absolute atomic E-state index is 13.5. The van der Waals surface area contributed by atoms with Crippen LogP contribution in [0.15, 0.2) is 18.2 Å². The van der Waals surface area contributed by atoms with E-state index in [9.17, 15) is 17.6 Å². The van der Waals surface area contributed by atoms with E-state index in [1.54, 1.807) is 0 Å². The largest absolute Gasteiger partial charge is 0.416 e. The molecule has 2 rings (SSSR count). The smallest absolute Gasteiger partial charge is 0.316 e. The summed E-state index contributed by atoms with van der Waals surface area (Å²) < 4.78 is 51.9. The van der Waals surface area contributed by atoms with Crippen LogP contribution in [-0.4, -0.2) is 13.1 Å². The van der Waals surface area contributed by atoms with E-state index in [0.29, 0.717) is 11.6 Å². The van der Waals surface area contributed by atoms with Gasteiger partial charge in [-0.1, -0.05) is 13.3 Å². The van der Waals surface area contributed by atoms with Crippen molar-refractivity contribution in [2.24, 2.45) is 5.92 Å². The summed E-state index contributed by atoms with van der Waals surface area (Å²) in [7, 11) is 0. The Morgan fingerprint density at radius 1 is 1.25 bits per heavy atom. The van der Waals surface area contributed by atoms with Crippen LogP contribution in [0.2, 0.25) is 0 Å². The number of rotatable bonds is 3. The van der Waals surface area contributed by atoms with Gasteiger partial charge in [-0.2, -0.15) is 13.2 Å². The van der Waals surface area contributed by atoms with Crippen LogP contribution >= 0.6 is 0 Å². The van der Waals surface area contributed by atoms with E-state index < -0.39 is 17.6 Å². The van der Waals surface area contributed by atoms with E-state index in [1.165, 1.54) is 6.07 Å². The minimum absolute atomic E-state index is 0.00741. The lowest BCUT2D eigenvalue weighted by Crippen LogP contribution is -2.35. The van der Waals surface area contributed by atoms with Gasteiger partial charge in [0.15, 0.2) is 0 Å². The van der Waals surface area contributed by atoms with E-state index in [2.05, 4.69) is 12.2 Å². The molecule has 112 valence electrons. The normalized spacial score (nSPS) is 23.9. The van der Waals surface area contributed by atoms with Gasteiger partial charge in [0.2, 0.25) is 0 Å². The van der Waals surface area contributed by atoms with Crippen LogP contribution in [0.1, 0.15) is 43.2 Å². The third-order valence-corrected chi connectivity index (χ3v) is 3.94. The molecule has 0 bridgehead atoms. The summed E-state index contributed by atoms with van der Waals surface area (Å²) in [5.41, 5.74) is -0.404. The van der Waals surface area contributed by atoms with Crippen molar-refractivity contribution in [3.8, 4) is 0 Å². The summed E-state index contributed by atoms with van der Waals surface area (Å²) in [4.78, 5) is 0. The minimum atomic E-state index is -4.50. The average Bonchev–Trinajstić information content (AvgIpc) is 2.38. The van der Waals surface area contributed by atoms with Gasteiger partial charge in [0.25, 0.3) is 0 Å². The standard InChI is InChI=1S/C15H19F4N/c1-2-3-10-9-20-5-4-14(10)11-6-12(15(17,18)19)8-13(16)7-11/h6-8,10,14,20H,2-5,9H2,1H3. The summed E-state index contributed by atoms with van der Waals surface area (Å²) in [6.07, 6.45) is -1.82. The molecule has 1 N–H and O–H groups in total. The molecule has 2 unspecified atom stereocenters. The molecular formula is C15H19F4N. The Bertz CT molecular complexity index is 454. The highest BCUT2D eigenvalue weighted by Gasteiger charge is 2.33. The van der Waals surface area contributed by atoms with E-state index in [-0.39, 0.29) is 11.8 Å². The number of benzene rings is 1. The molecule has 1 aromatic rings. The van der Waals surface area contributed by atoms with Crippen molar-refractivity contribution >= 4 is 0 Å². The molecule has 0 radical (unpaired) electrons. The lowest BCUT2D eigenvalue weighted by Gasteiger charge is -2.33. The van der Waals surface area contributed by atoms with E-state index in [1.807, 2.05) is 0 Å². The quantitative estimate of drug-likeness (QED) is 0.816. The third kappa shape index (κ3) is 3.51. The Kier molecular flexibility index (Phi) is 4.68. The molecule has 0 aliphatic carbocycles. The fourth-order valence-corrected chi connectivity index (χ4v) is 3.03.